The van der Waals surface area contributed by atoms with Crippen LogP contribution in [0.25, 0.3) is 0 Å². The zero-order valence-corrected chi connectivity index (χ0v) is 11.3. The highest BCUT2D eigenvalue weighted by atomic mass is 16.1. The van der Waals surface area contributed by atoms with Crippen LogP contribution < -0.4 is 0 Å². The second kappa shape index (κ2) is 4.16. The standard InChI is InChI=1S/C15H26O/c1-10(16)13-9-14(13)11-5-7-12(8-6-11)15(2,3)4/h11-14H,5-9H2,1-4H3. The average molecular weight is 222 g/mol. The Morgan fingerprint density at radius 1 is 1.06 bits per heavy atom. The summed E-state index contributed by atoms with van der Waals surface area (Å²) in [7, 11) is 0. The fourth-order valence-electron chi connectivity index (χ4n) is 3.62. The Balaban J connectivity index is 1.81. The van der Waals surface area contributed by atoms with E-state index in [2.05, 4.69) is 20.8 Å². The topological polar surface area (TPSA) is 17.1 Å². The molecule has 2 atom stereocenters. The van der Waals surface area contributed by atoms with Gasteiger partial charge in [-0.25, -0.2) is 0 Å². The van der Waals surface area contributed by atoms with Crippen LogP contribution in [0.15, 0.2) is 0 Å². The minimum absolute atomic E-state index is 0.433. The number of rotatable bonds is 2. The first-order valence-electron chi connectivity index (χ1n) is 6.90. The van der Waals surface area contributed by atoms with Gasteiger partial charge in [-0.05, 0) is 62.2 Å². The summed E-state index contributed by atoms with van der Waals surface area (Å²) in [6, 6.07) is 0. The minimum atomic E-state index is 0.433. The summed E-state index contributed by atoms with van der Waals surface area (Å²) in [6.07, 6.45) is 6.71. The number of ketones is 1. The van der Waals surface area contributed by atoms with Gasteiger partial charge in [0.2, 0.25) is 0 Å². The lowest BCUT2D eigenvalue weighted by Gasteiger charge is -2.37. The van der Waals surface area contributed by atoms with E-state index >= 15 is 0 Å². The van der Waals surface area contributed by atoms with Crippen molar-refractivity contribution >= 4 is 5.78 Å². The molecule has 0 bridgehead atoms. The molecular weight excluding hydrogens is 196 g/mol. The van der Waals surface area contributed by atoms with Crippen LogP contribution in [0.1, 0.15) is 59.8 Å². The van der Waals surface area contributed by atoms with Crippen LogP contribution in [0.4, 0.5) is 0 Å². The lowest BCUT2D eigenvalue weighted by atomic mass is 9.69. The molecule has 0 aliphatic heterocycles. The first-order valence-corrected chi connectivity index (χ1v) is 6.90. The molecule has 0 aromatic rings. The Bertz CT molecular complexity index is 266. The highest BCUT2D eigenvalue weighted by Crippen LogP contribution is 2.52. The minimum Gasteiger partial charge on any atom is -0.300 e. The van der Waals surface area contributed by atoms with Crippen molar-refractivity contribution in [3.63, 3.8) is 0 Å². The molecule has 0 aromatic carbocycles. The third kappa shape index (κ3) is 2.49. The van der Waals surface area contributed by atoms with E-state index in [1.165, 1.54) is 32.1 Å². The quantitative estimate of drug-likeness (QED) is 0.688. The van der Waals surface area contributed by atoms with Gasteiger partial charge in [0.1, 0.15) is 5.78 Å². The van der Waals surface area contributed by atoms with Gasteiger partial charge in [-0.1, -0.05) is 20.8 Å². The Labute approximate surface area is 100.0 Å². The molecule has 2 fully saturated rings. The zero-order valence-electron chi connectivity index (χ0n) is 11.3. The van der Waals surface area contributed by atoms with E-state index in [9.17, 15) is 4.79 Å². The second-order valence-electron chi connectivity index (χ2n) is 7.09. The summed E-state index contributed by atoms with van der Waals surface area (Å²) in [5, 5.41) is 0. The summed E-state index contributed by atoms with van der Waals surface area (Å²) in [5.41, 5.74) is 0.481. The van der Waals surface area contributed by atoms with Crippen molar-refractivity contribution in [3.8, 4) is 0 Å². The molecule has 0 spiro atoms. The van der Waals surface area contributed by atoms with Crippen molar-refractivity contribution in [2.45, 2.75) is 59.8 Å². The zero-order chi connectivity index (χ0) is 11.9. The van der Waals surface area contributed by atoms with Gasteiger partial charge in [0.25, 0.3) is 0 Å². The van der Waals surface area contributed by atoms with E-state index in [-0.39, 0.29) is 0 Å². The molecule has 0 radical (unpaired) electrons. The molecule has 2 aliphatic rings. The maximum atomic E-state index is 11.3. The Hall–Kier alpha value is -0.330. The van der Waals surface area contributed by atoms with E-state index in [4.69, 9.17) is 0 Å². The highest BCUT2D eigenvalue weighted by Gasteiger charge is 2.46. The van der Waals surface area contributed by atoms with Crippen LogP contribution in [-0.2, 0) is 4.79 Å². The van der Waals surface area contributed by atoms with Gasteiger partial charge in [-0.3, -0.25) is 4.79 Å². The SMILES string of the molecule is CC(=O)C1CC1C1CCC(C(C)(C)C)CC1. The monoisotopic (exact) mass is 222 g/mol. The summed E-state index contributed by atoms with van der Waals surface area (Å²) < 4.78 is 0. The van der Waals surface area contributed by atoms with Crippen molar-refractivity contribution < 1.29 is 4.79 Å². The molecular formula is C15H26O. The number of Topliss-reactive ketones (excluding diaryl/α,β-unsaturated/α-hetero) is 1. The number of hydrogen-bond acceptors (Lipinski definition) is 1. The molecule has 0 N–H and O–H groups in total. The van der Waals surface area contributed by atoms with Crippen LogP contribution in [-0.4, -0.2) is 5.78 Å². The van der Waals surface area contributed by atoms with Gasteiger partial charge < -0.3 is 0 Å². The maximum Gasteiger partial charge on any atom is 0.133 e. The molecule has 16 heavy (non-hydrogen) atoms. The Kier molecular flexibility index (Phi) is 3.16. The largest absolute Gasteiger partial charge is 0.300 e. The summed E-state index contributed by atoms with van der Waals surface area (Å²) in [4.78, 5) is 11.3. The molecule has 0 saturated heterocycles. The molecule has 1 heteroatoms. The number of carbonyl (C=O) groups is 1. The molecule has 0 aromatic heterocycles. The van der Waals surface area contributed by atoms with Crippen molar-refractivity contribution in [2.24, 2.45) is 29.1 Å². The molecule has 0 heterocycles. The summed E-state index contributed by atoms with van der Waals surface area (Å²) in [5.74, 6) is 3.41. The first-order chi connectivity index (χ1) is 7.39. The summed E-state index contributed by atoms with van der Waals surface area (Å²) in [6.45, 7) is 8.87. The molecule has 0 amide bonds. The van der Waals surface area contributed by atoms with Gasteiger partial charge in [0.15, 0.2) is 0 Å². The number of carbonyl (C=O) groups excluding carboxylic acids is 1. The fraction of sp³-hybridized carbons (Fsp3) is 0.933. The van der Waals surface area contributed by atoms with Gasteiger partial charge in [0.05, 0.1) is 0 Å². The molecule has 92 valence electrons. The first kappa shape index (κ1) is 12.1. The van der Waals surface area contributed by atoms with Gasteiger partial charge >= 0.3 is 0 Å². The van der Waals surface area contributed by atoms with Crippen LogP contribution in [0.2, 0.25) is 0 Å². The third-order valence-corrected chi connectivity index (χ3v) is 4.96. The van der Waals surface area contributed by atoms with E-state index in [1.807, 2.05) is 0 Å². The van der Waals surface area contributed by atoms with Crippen molar-refractivity contribution in [1.29, 1.82) is 0 Å². The van der Waals surface area contributed by atoms with Crippen molar-refractivity contribution in [3.05, 3.63) is 0 Å². The van der Waals surface area contributed by atoms with Gasteiger partial charge in [-0.15, -0.1) is 0 Å². The van der Waals surface area contributed by atoms with Crippen LogP contribution in [0, 0.1) is 29.1 Å². The Morgan fingerprint density at radius 3 is 2.00 bits per heavy atom. The molecule has 2 rings (SSSR count). The van der Waals surface area contributed by atoms with E-state index < -0.39 is 0 Å². The van der Waals surface area contributed by atoms with E-state index in [0.29, 0.717) is 17.1 Å². The molecule has 2 aliphatic carbocycles. The fourth-order valence-corrected chi connectivity index (χ4v) is 3.62. The molecule has 1 nitrogen and oxygen atoms in total. The smallest absolute Gasteiger partial charge is 0.133 e. The maximum absolute atomic E-state index is 11.3. The number of hydrogen-bond donors (Lipinski definition) is 0. The third-order valence-electron chi connectivity index (χ3n) is 4.96. The van der Waals surface area contributed by atoms with Gasteiger partial charge in [-0.2, -0.15) is 0 Å². The second-order valence-corrected chi connectivity index (χ2v) is 7.09. The predicted octanol–water partition coefficient (Wildman–Crippen LogP) is 4.06. The lowest BCUT2D eigenvalue weighted by Crippen LogP contribution is -2.26. The van der Waals surface area contributed by atoms with E-state index in [1.54, 1.807) is 6.92 Å². The van der Waals surface area contributed by atoms with Crippen LogP contribution in [0.5, 0.6) is 0 Å². The summed E-state index contributed by atoms with van der Waals surface area (Å²) >= 11 is 0. The Morgan fingerprint density at radius 2 is 1.62 bits per heavy atom. The van der Waals surface area contributed by atoms with Crippen molar-refractivity contribution in [1.82, 2.24) is 0 Å². The van der Waals surface area contributed by atoms with Crippen LogP contribution in [0.3, 0.4) is 0 Å². The lowest BCUT2D eigenvalue weighted by molar-refractivity contribution is -0.118. The van der Waals surface area contributed by atoms with E-state index in [0.717, 1.165) is 17.8 Å². The normalized spacial score (nSPS) is 39.5. The molecule has 2 unspecified atom stereocenters. The molecule has 2 saturated carbocycles. The van der Waals surface area contributed by atoms with Crippen molar-refractivity contribution in [2.75, 3.05) is 0 Å². The predicted molar refractivity (Wildman–Crippen MR) is 67.2 cm³/mol. The van der Waals surface area contributed by atoms with Gasteiger partial charge in [0, 0.05) is 5.92 Å². The van der Waals surface area contributed by atoms with Crippen LogP contribution >= 0.6 is 0 Å². The highest BCUT2D eigenvalue weighted by molar-refractivity contribution is 5.81. The average Bonchev–Trinajstić information content (AvgIpc) is 2.96.